The molecule has 3 aromatic rings. The Morgan fingerprint density at radius 1 is 1.25 bits per heavy atom. The Morgan fingerprint density at radius 3 is 2.92 bits per heavy atom. The molecule has 0 aliphatic carbocycles. The highest BCUT2D eigenvalue weighted by molar-refractivity contribution is 6.01. The molecule has 5 nitrogen and oxygen atoms in total. The molecule has 0 radical (unpaired) electrons. The number of carbonyl (C=O) groups excluding carboxylic acids is 1. The van der Waals surface area contributed by atoms with E-state index >= 15 is 0 Å². The molecule has 2 heterocycles. The van der Waals surface area contributed by atoms with E-state index in [1.54, 1.807) is 0 Å². The number of likely N-dealkylation sites (tertiary alicyclic amines) is 1. The molecule has 1 atom stereocenters. The first-order valence-corrected chi connectivity index (χ1v) is 8.21. The van der Waals surface area contributed by atoms with Crippen molar-refractivity contribution in [2.45, 2.75) is 25.8 Å². The van der Waals surface area contributed by atoms with Crippen molar-refractivity contribution in [1.29, 1.82) is 0 Å². The number of anilines is 1. The van der Waals surface area contributed by atoms with Crippen LogP contribution in [-0.4, -0.2) is 22.6 Å². The molecular formula is C19H19N3O2. The molecule has 2 amide bonds. The summed E-state index contributed by atoms with van der Waals surface area (Å²) in [5.41, 5.74) is 1.66. The van der Waals surface area contributed by atoms with Crippen molar-refractivity contribution in [2.24, 2.45) is 0 Å². The largest absolute Gasteiger partial charge is 0.361 e. The molecule has 0 spiro atoms. The number of amides is 2. The lowest BCUT2D eigenvalue weighted by Gasteiger charge is -2.23. The zero-order valence-electron chi connectivity index (χ0n) is 13.5. The van der Waals surface area contributed by atoms with Crippen LogP contribution in [0.3, 0.4) is 0 Å². The number of aromatic nitrogens is 1. The summed E-state index contributed by atoms with van der Waals surface area (Å²) >= 11 is 0. The summed E-state index contributed by atoms with van der Waals surface area (Å²) in [7, 11) is 0. The molecule has 5 heteroatoms. The van der Waals surface area contributed by atoms with Crippen molar-refractivity contribution in [1.82, 2.24) is 10.1 Å². The molecule has 0 saturated carbocycles. The lowest BCUT2D eigenvalue weighted by atomic mass is 10.1. The van der Waals surface area contributed by atoms with E-state index in [0.29, 0.717) is 0 Å². The molecule has 1 N–H and O–H groups in total. The van der Waals surface area contributed by atoms with Crippen LogP contribution in [-0.2, 0) is 0 Å². The predicted octanol–water partition coefficient (Wildman–Crippen LogP) is 4.51. The van der Waals surface area contributed by atoms with Gasteiger partial charge in [0, 0.05) is 18.0 Å². The zero-order valence-corrected chi connectivity index (χ0v) is 13.5. The molecule has 1 saturated heterocycles. The van der Waals surface area contributed by atoms with Gasteiger partial charge in [-0.2, -0.15) is 0 Å². The van der Waals surface area contributed by atoms with E-state index in [-0.39, 0.29) is 12.1 Å². The summed E-state index contributed by atoms with van der Waals surface area (Å²) in [6.07, 6.45) is 1.88. The molecule has 0 bridgehead atoms. The van der Waals surface area contributed by atoms with Gasteiger partial charge in [0.1, 0.15) is 11.5 Å². The molecule has 122 valence electrons. The Bertz CT molecular complexity index is 882. The molecule has 4 rings (SSSR count). The topological polar surface area (TPSA) is 58.4 Å². The number of nitrogens with one attached hydrogen (secondary N) is 1. The number of aryl methyl sites for hydroxylation is 1. The van der Waals surface area contributed by atoms with Gasteiger partial charge in [0.15, 0.2) is 0 Å². The van der Waals surface area contributed by atoms with E-state index in [1.807, 2.05) is 60.4 Å². The van der Waals surface area contributed by atoms with Crippen molar-refractivity contribution in [2.75, 3.05) is 11.9 Å². The summed E-state index contributed by atoms with van der Waals surface area (Å²) in [4.78, 5) is 14.7. The average molecular weight is 321 g/mol. The first kappa shape index (κ1) is 14.8. The number of benzene rings is 2. The first-order chi connectivity index (χ1) is 11.7. The Labute approximate surface area is 140 Å². The van der Waals surface area contributed by atoms with Gasteiger partial charge in [0.05, 0.1) is 11.7 Å². The van der Waals surface area contributed by atoms with Crippen molar-refractivity contribution in [3.8, 4) is 0 Å². The molecule has 1 aliphatic rings. The number of fused-ring (bicyclic) bond motifs is 1. The Morgan fingerprint density at radius 2 is 2.08 bits per heavy atom. The number of rotatable bonds is 2. The van der Waals surface area contributed by atoms with Gasteiger partial charge in [-0.1, -0.05) is 41.6 Å². The zero-order chi connectivity index (χ0) is 16.5. The molecule has 2 aromatic carbocycles. The fourth-order valence-corrected chi connectivity index (χ4v) is 3.38. The fourth-order valence-electron chi connectivity index (χ4n) is 3.38. The number of urea groups is 1. The second kappa shape index (κ2) is 6.00. The average Bonchev–Trinajstić information content (AvgIpc) is 3.24. The van der Waals surface area contributed by atoms with Crippen LogP contribution in [0.25, 0.3) is 10.8 Å². The van der Waals surface area contributed by atoms with Crippen molar-refractivity contribution in [3.05, 3.63) is 60.0 Å². The van der Waals surface area contributed by atoms with Gasteiger partial charge in [0.25, 0.3) is 0 Å². The second-order valence-corrected chi connectivity index (χ2v) is 6.17. The lowest BCUT2D eigenvalue weighted by molar-refractivity contribution is 0.204. The van der Waals surface area contributed by atoms with Crippen LogP contribution >= 0.6 is 0 Å². The van der Waals surface area contributed by atoms with Crippen molar-refractivity contribution >= 4 is 22.5 Å². The number of hydrogen-bond donors (Lipinski definition) is 1. The van der Waals surface area contributed by atoms with E-state index in [2.05, 4.69) is 10.5 Å². The standard InChI is InChI=1S/C19H19N3O2/c1-13-12-17(21-24-13)18-10-5-11-22(18)19(23)20-16-9-4-7-14-6-2-3-8-15(14)16/h2-4,6-9,12,18H,5,10-11H2,1H3,(H,20,23)/t18-/m1/s1. The van der Waals surface area contributed by atoms with Gasteiger partial charge < -0.3 is 14.7 Å². The van der Waals surface area contributed by atoms with E-state index < -0.39 is 0 Å². The van der Waals surface area contributed by atoms with E-state index in [4.69, 9.17) is 4.52 Å². The van der Waals surface area contributed by atoms with Gasteiger partial charge in [-0.3, -0.25) is 0 Å². The van der Waals surface area contributed by atoms with Crippen LogP contribution in [0.2, 0.25) is 0 Å². The normalized spacial score (nSPS) is 17.4. The SMILES string of the molecule is Cc1cc([C@H]2CCCN2C(=O)Nc2cccc3ccccc23)no1. The number of hydrogen-bond acceptors (Lipinski definition) is 3. The van der Waals surface area contributed by atoms with Crippen LogP contribution in [0.4, 0.5) is 10.5 Å². The molecule has 24 heavy (non-hydrogen) atoms. The highest BCUT2D eigenvalue weighted by Crippen LogP contribution is 2.32. The fraction of sp³-hybridized carbons (Fsp3) is 0.263. The maximum Gasteiger partial charge on any atom is 0.322 e. The highest BCUT2D eigenvalue weighted by atomic mass is 16.5. The lowest BCUT2D eigenvalue weighted by Crippen LogP contribution is -2.34. The van der Waals surface area contributed by atoms with Crippen LogP contribution in [0.5, 0.6) is 0 Å². The summed E-state index contributed by atoms with van der Waals surface area (Å²) < 4.78 is 5.17. The predicted molar refractivity (Wildman–Crippen MR) is 92.9 cm³/mol. The molecule has 1 aliphatic heterocycles. The van der Waals surface area contributed by atoms with Crippen LogP contribution in [0, 0.1) is 6.92 Å². The van der Waals surface area contributed by atoms with Crippen LogP contribution < -0.4 is 5.32 Å². The third-order valence-electron chi connectivity index (χ3n) is 4.53. The van der Waals surface area contributed by atoms with Gasteiger partial charge in [0.2, 0.25) is 0 Å². The van der Waals surface area contributed by atoms with Gasteiger partial charge in [-0.25, -0.2) is 4.79 Å². The van der Waals surface area contributed by atoms with Crippen molar-refractivity contribution < 1.29 is 9.32 Å². The molecule has 1 aromatic heterocycles. The maximum atomic E-state index is 12.8. The summed E-state index contributed by atoms with van der Waals surface area (Å²) in [5, 5.41) is 9.31. The summed E-state index contributed by atoms with van der Waals surface area (Å²) in [5.74, 6) is 0.770. The first-order valence-electron chi connectivity index (χ1n) is 8.21. The van der Waals surface area contributed by atoms with Crippen molar-refractivity contribution in [3.63, 3.8) is 0 Å². The summed E-state index contributed by atoms with van der Waals surface area (Å²) in [6, 6.07) is 15.8. The Kier molecular flexibility index (Phi) is 3.69. The molecule has 1 fully saturated rings. The Balaban J connectivity index is 1.59. The minimum Gasteiger partial charge on any atom is -0.361 e. The van der Waals surface area contributed by atoms with Gasteiger partial charge in [-0.15, -0.1) is 0 Å². The molecule has 0 unspecified atom stereocenters. The number of carbonyl (C=O) groups is 1. The number of nitrogens with zero attached hydrogens (tertiary/aromatic N) is 2. The monoisotopic (exact) mass is 321 g/mol. The smallest absolute Gasteiger partial charge is 0.322 e. The van der Waals surface area contributed by atoms with Crippen LogP contribution in [0.1, 0.15) is 30.3 Å². The second-order valence-electron chi connectivity index (χ2n) is 6.17. The maximum absolute atomic E-state index is 12.8. The van der Waals surface area contributed by atoms with Gasteiger partial charge in [-0.05, 0) is 31.2 Å². The molecular weight excluding hydrogens is 302 g/mol. The third-order valence-corrected chi connectivity index (χ3v) is 4.53. The third kappa shape index (κ3) is 2.62. The van der Waals surface area contributed by atoms with E-state index in [0.717, 1.165) is 47.3 Å². The quantitative estimate of drug-likeness (QED) is 0.755. The minimum atomic E-state index is -0.0884. The minimum absolute atomic E-state index is 0.0163. The highest BCUT2D eigenvalue weighted by Gasteiger charge is 2.32. The summed E-state index contributed by atoms with van der Waals surface area (Å²) in [6.45, 7) is 2.60. The van der Waals surface area contributed by atoms with Gasteiger partial charge >= 0.3 is 6.03 Å². The van der Waals surface area contributed by atoms with Crippen LogP contribution in [0.15, 0.2) is 53.1 Å². The van der Waals surface area contributed by atoms with E-state index in [1.165, 1.54) is 0 Å². The van der Waals surface area contributed by atoms with E-state index in [9.17, 15) is 4.79 Å². The Hall–Kier alpha value is -2.82.